The Morgan fingerprint density at radius 3 is 2.65 bits per heavy atom. The summed E-state index contributed by atoms with van der Waals surface area (Å²) in [7, 11) is 0. The minimum absolute atomic E-state index is 0.0560. The second-order valence-corrected chi connectivity index (χ2v) is 6.75. The molecule has 10 heteroatoms. The molecule has 3 rings (SSSR count). The van der Waals surface area contributed by atoms with E-state index in [-0.39, 0.29) is 36.7 Å². The predicted octanol–water partition coefficient (Wildman–Crippen LogP) is 3.49. The number of rotatable bonds is 8. The third-order valence-corrected chi connectivity index (χ3v) is 4.39. The Kier molecular flexibility index (Phi) is 6.91. The van der Waals surface area contributed by atoms with Gasteiger partial charge in [-0.25, -0.2) is 9.07 Å². The Labute approximate surface area is 175 Å². The van der Waals surface area contributed by atoms with Gasteiger partial charge < -0.3 is 15.2 Å². The van der Waals surface area contributed by atoms with Crippen LogP contribution >= 0.6 is 0 Å². The molecule has 6 nitrogen and oxygen atoms in total. The molecule has 1 aromatic heterocycles. The SMILES string of the molecule is O=C(NCC(CO)Cc1cccc(OC(F)(F)F)c1)c1ccn(-c2ccccc2F)n1. The zero-order valence-electron chi connectivity index (χ0n) is 16.1. The largest absolute Gasteiger partial charge is 0.573 e. The highest BCUT2D eigenvalue weighted by molar-refractivity contribution is 5.92. The number of carbonyl (C=O) groups excluding carboxylic acids is 1. The van der Waals surface area contributed by atoms with Gasteiger partial charge in [-0.3, -0.25) is 4.79 Å². The first-order chi connectivity index (χ1) is 14.7. The maximum Gasteiger partial charge on any atom is 0.573 e. The molecule has 2 N–H and O–H groups in total. The minimum atomic E-state index is -4.80. The molecule has 3 aromatic rings. The molecule has 0 fully saturated rings. The van der Waals surface area contributed by atoms with Gasteiger partial charge in [-0.05, 0) is 42.3 Å². The van der Waals surface area contributed by atoms with Gasteiger partial charge in [0.2, 0.25) is 0 Å². The number of aromatic nitrogens is 2. The van der Waals surface area contributed by atoms with Crippen molar-refractivity contribution >= 4 is 5.91 Å². The first-order valence-corrected chi connectivity index (χ1v) is 9.29. The summed E-state index contributed by atoms with van der Waals surface area (Å²) < 4.78 is 56.1. The van der Waals surface area contributed by atoms with Gasteiger partial charge in [0.05, 0.1) is 0 Å². The Bertz CT molecular complexity index is 1040. The molecule has 0 saturated carbocycles. The zero-order valence-corrected chi connectivity index (χ0v) is 16.1. The van der Waals surface area contributed by atoms with Crippen LogP contribution in [0.3, 0.4) is 0 Å². The molecule has 1 unspecified atom stereocenters. The van der Waals surface area contributed by atoms with E-state index in [9.17, 15) is 27.5 Å². The molecule has 0 aliphatic heterocycles. The topological polar surface area (TPSA) is 76.4 Å². The van der Waals surface area contributed by atoms with Gasteiger partial charge in [0.15, 0.2) is 5.69 Å². The van der Waals surface area contributed by atoms with Gasteiger partial charge in [0.25, 0.3) is 5.91 Å². The number of para-hydroxylation sites is 1. The van der Waals surface area contributed by atoms with Crippen LogP contribution in [0.1, 0.15) is 16.1 Å². The molecule has 0 aliphatic carbocycles. The number of hydrogen-bond acceptors (Lipinski definition) is 4. The number of halogens is 4. The first-order valence-electron chi connectivity index (χ1n) is 9.29. The number of benzene rings is 2. The summed E-state index contributed by atoms with van der Waals surface area (Å²) in [5.41, 5.74) is 0.759. The van der Waals surface area contributed by atoms with Crippen molar-refractivity contribution in [3.05, 3.63) is 77.9 Å². The van der Waals surface area contributed by atoms with Gasteiger partial charge in [0, 0.05) is 25.3 Å². The number of carbonyl (C=O) groups is 1. The van der Waals surface area contributed by atoms with Crippen molar-refractivity contribution in [1.82, 2.24) is 15.1 Å². The van der Waals surface area contributed by atoms with Gasteiger partial charge in [-0.15, -0.1) is 13.2 Å². The molecule has 1 atom stereocenters. The number of ether oxygens (including phenoxy) is 1. The molecule has 0 aliphatic rings. The Morgan fingerprint density at radius 1 is 1.16 bits per heavy atom. The maximum atomic E-state index is 13.9. The molecule has 1 heterocycles. The molecule has 1 amide bonds. The van der Waals surface area contributed by atoms with Crippen LogP contribution in [0, 0.1) is 11.7 Å². The lowest BCUT2D eigenvalue weighted by molar-refractivity contribution is -0.274. The monoisotopic (exact) mass is 437 g/mol. The average molecular weight is 437 g/mol. The highest BCUT2D eigenvalue weighted by Crippen LogP contribution is 2.24. The summed E-state index contributed by atoms with van der Waals surface area (Å²) >= 11 is 0. The van der Waals surface area contributed by atoms with E-state index >= 15 is 0 Å². The minimum Gasteiger partial charge on any atom is -0.406 e. The molecule has 2 aromatic carbocycles. The Morgan fingerprint density at radius 2 is 1.94 bits per heavy atom. The Hall–Kier alpha value is -3.40. The van der Waals surface area contributed by atoms with Crippen molar-refractivity contribution < 1.29 is 32.2 Å². The lowest BCUT2D eigenvalue weighted by atomic mass is 10.00. The molecule has 0 bridgehead atoms. The number of alkyl halides is 3. The third kappa shape index (κ3) is 6.29. The second-order valence-electron chi connectivity index (χ2n) is 6.75. The van der Waals surface area contributed by atoms with Crippen LogP contribution in [0.5, 0.6) is 5.75 Å². The van der Waals surface area contributed by atoms with E-state index in [0.29, 0.717) is 5.56 Å². The van der Waals surface area contributed by atoms with E-state index in [1.54, 1.807) is 12.1 Å². The zero-order chi connectivity index (χ0) is 22.4. The highest BCUT2D eigenvalue weighted by atomic mass is 19.4. The number of nitrogens with one attached hydrogen (secondary N) is 1. The quantitative estimate of drug-likeness (QED) is 0.529. The van der Waals surface area contributed by atoms with Gasteiger partial charge in [-0.1, -0.05) is 24.3 Å². The van der Waals surface area contributed by atoms with Gasteiger partial charge in [-0.2, -0.15) is 5.10 Å². The van der Waals surface area contributed by atoms with E-state index in [2.05, 4.69) is 15.2 Å². The summed E-state index contributed by atoms with van der Waals surface area (Å²) in [6.07, 6.45) is -3.13. The second kappa shape index (κ2) is 9.61. The van der Waals surface area contributed by atoms with Crippen molar-refractivity contribution in [3.63, 3.8) is 0 Å². The fraction of sp³-hybridized carbons (Fsp3) is 0.238. The van der Waals surface area contributed by atoms with Crippen molar-refractivity contribution in [2.45, 2.75) is 12.8 Å². The normalized spacial score (nSPS) is 12.4. The number of nitrogens with zero attached hydrogens (tertiary/aromatic N) is 2. The van der Waals surface area contributed by atoms with Crippen LogP contribution in [0.4, 0.5) is 17.6 Å². The smallest absolute Gasteiger partial charge is 0.406 e. The van der Waals surface area contributed by atoms with E-state index in [1.807, 2.05) is 0 Å². The molecule has 0 saturated heterocycles. The van der Waals surface area contributed by atoms with Crippen LogP contribution < -0.4 is 10.1 Å². The lowest BCUT2D eigenvalue weighted by Crippen LogP contribution is -2.32. The Balaban J connectivity index is 1.59. The number of hydrogen-bond donors (Lipinski definition) is 2. The molecule has 0 spiro atoms. The molecule has 164 valence electrons. The van der Waals surface area contributed by atoms with Crippen LogP contribution in [-0.4, -0.2) is 40.3 Å². The van der Waals surface area contributed by atoms with E-state index in [1.165, 1.54) is 53.3 Å². The van der Waals surface area contributed by atoms with E-state index in [0.717, 1.165) is 0 Å². The first kappa shape index (κ1) is 22.3. The van der Waals surface area contributed by atoms with Crippen LogP contribution in [0.15, 0.2) is 60.8 Å². The van der Waals surface area contributed by atoms with E-state index in [4.69, 9.17) is 0 Å². The lowest BCUT2D eigenvalue weighted by Gasteiger charge is -2.16. The summed E-state index contributed by atoms with van der Waals surface area (Å²) in [5.74, 6) is -1.82. The van der Waals surface area contributed by atoms with Crippen LogP contribution in [-0.2, 0) is 6.42 Å². The summed E-state index contributed by atoms with van der Waals surface area (Å²) in [6.45, 7) is -0.236. The van der Waals surface area contributed by atoms with Gasteiger partial charge in [0.1, 0.15) is 17.3 Å². The van der Waals surface area contributed by atoms with E-state index < -0.39 is 24.0 Å². The highest BCUT2D eigenvalue weighted by Gasteiger charge is 2.31. The molecule has 31 heavy (non-hydrogen) atoms. The number of aliphatic hydroxyl groups is 1. The molecular formula is C21H19F4N3O3. The van der Waals surface area contributed by atoms with Crippen LogP contribution in [0.2, 0.25) is 0 Å². The maximum absolute atomic E-state index is 13.9. The molecular weight excluding hydrogens is 418 g/mol. The summed E-state index contributed by atoms with van der Waals surface area (Å²) in [4.78, 5) is 12.4. The van der Waals surface area contributed by atoms with Crippen molar-refractivity contribution in [1.29, 1.82) is 0 Å². The van der Waals surface area contributed by atoms with Crippen molar-refractivity contribution in [2.75, 3.05) is 13.2 Å². The fourth-order valence-electron chi connectivity index (χ4n) is 2.95. The van der Waals surface area contributed by atoms with Crippen molar-refractivity contribution in [2.24, 2.45) is 5.92 Å². The average Bonchev–Trinajstić information content (AvgIpc) is 3.20. The number of aliphatic hydroxyl groups excluding tert-OH is 1. The van der Waals surface area contributed by atoms with Crippen LogP contribution in [0.25, 0.3) is 5.69 Å². The van der Waals surface area contributed by atoms with Crippen molar-refractivity contribution in [3.8, 4) is 11.4 Å². The molecule has 0 radical (unpaired) electrons. The summed E-state index contributed by atoms with van der Waals surface area (Å²) in [5, 5.41) is 16.3. The third-order valence-electron chi connectivity index (χ3n) is 4.39. The number of amides is 1. The van der Waals surface area contributed by atoms with Gasteiger partial charge >= 0.3 is 6.36 Å². The fourth-order valence-corrected chi connectivity index (χ4v) is 2.95. The standard InChI is InChI=1S/C21H19F4N3O3/c22-17-6-1-2-7-19(17)28-9-8-18(27-28)20(30)26-12-15(13-29)10-14-4-3-5-16(11-14)31-21(23,24)25/h1-9,11,15,29H,10,12-13H2,(H,26,30). The summed E-state index contributed by atoms with van der Waals surface area (Å²) in [6, 6.07) is 12.8. The predicted molar refractivity (Wildman–Crippen MR) is 103 cm³/mol.